The van der Waals surface area contributed by atoms with Gasteiger partial charge in [-0.15, -0.1) is 0 Å². The summed E-state index contributed by atoms with van der Waals surface area (Å²) in [6.07, 6.45) is 1.67. The van der Waals surface area contributed by atoms with Crippen molar-refractivity contribution in [3.05, 3.63) is 0 Å². The second-order valence-electron chi connectivity index (χ2n) is 3.86. The van der Waals surface area contributed by atoms with Crippen LogP contribution in [0.3, 0.4) is 0 Å². The number of piperazine rings is 1. The fourth-order valence-electron chi connectivity index (χ4n) is 1.57. The normalized spacial score (nSPS) is 18.6. The summed E-state index contributed by atoms with van der Waals surface area (Å²) in [4.78, 5) is 13.6. The van der Waals surface area contributed by atoms with Crippen LogP contribution in [0.1, 0.15) is 13.8 Å². The summed E-state index contributed by atoms with van der Waals surface area (Å²) in [6.45, 7) is 7.14. The Morgan fingerprint density at radius 3 is 2.57 bits per heavy atom. The first-order valence-corrected chi connectivity index (χ1v) is 4.74. The third-order valence-electron chi connectivity index (χ3n) is 2.63. The minimum Gasteiger partial charge on any atom is -0.314 e. The molecule has 5 heteroatoms. The molecule has 5 nitrogen and oxygen atoms in total. The second kappa shape index (κ2) is 4.40. The van der Waals surface area contributed by atoms with Crippen molar-refractivity contribution < 1.29 is 4.79 Å². The van der Waals surface area contributed by atoms with Gasteiger partial charge in [-0.3, -0.25) is 15.0 Å². The molecule has 1 rings (SSSR count). The van der Waals surface area contributed by atoms with E-state index in [1.165, 1.54) is 0 Å². The van der Waals surface area contributed by atoms with Crippen LogP contribution in [0.5, 0.6) is 0 Å². The van der Waals surface area contributed by atoms with Gasteiger partial charge in [-0.05, 0) is 13.8 Å². The Morgan fingerprint density at radius 1 is 1.50 bits per heavy atom. The Labute approximate surface area is 84.1 Å². The fourth-order valence-corrected chi connectivity index (χ4v) is 1.57. The van der Waals surface area contributed by atoms with E-state index in [1.807, 2.05) is 13.8 Å². The zero-order valence-electron chi connectivity index (χ0n) is 8.63. The van der Waals surface area contributed by atoms with Crippen LogP contribution in [0.25, 0.3) is 0 Å². The first kappa shape index (κ1) is 11.0. The molecule has 0 radical (unpaired) electrons. The molecule has 0 aromatic carbocycles. The Balaban J connectivity index is 2.62. The summed E-state index contributed by atoms with van der Waals surface area (Å²) < 4.78 is 0. The highest BCUT2D eigenvalue weighted by molar-refractivity contribution is 5.86. The number of hydrogen-bond donors (Lipinski definition) is 2. The van der Waals surface area contributed by atoms with Crippen LogP contribution in [0.2, 0.25) is 0 Å². The lowest BCUT2D eigenvalue weighted by Gasteiger charge is -2.39. The van der Waals surface area contributed by atoms with Crippen molar-refractivity contribution in [2.75, 3.05) is 26.2 Å². The molecule has 0 bridgehead atoms. The van der Waals surface area contributed by atoms with Gasteiger partial charge in [0.05, 0.1) is 5.54 Å². The first-order chi connectivity index (χ1) is 6.59. The molecule has 1 amide bonds. The molecule has 78 valence electrons. The van der Waals surface area contributed by atoms with Crippen LogP contribution in [-0.4, -0.2) is 42.5 Å². The number of nitriles is 1. The van der Waals surface area contributed by atoms with Crippen molar-refractivity contribution >= 4 is 5.91 Å². The van der Waals surface area contributed by atoms with Gasteiger partial charge in [0.25, 0.3) is 5.91 Å². The molecule has 1 saturated heterocycles. The number of hydrogen-bond acceptors (Lipinski definition) is 4. The van der Waals surface area contributed by atoms with E-state index >= 15 is 0 Å². The standard InChI is InChI=1S/C9H16N4O/c1-9(2,8(14)12-7-10)13-5-3-11-4-6-13/h11H,3-6H2,1-2H3,(H,12,14). The fraction of sp³-hybridized carbons (Fsp3) is 0.778. The molecule has 0 aromatic heterocycles. The van der Waals surface area contributed by atoms with Gasteiger partial charge in [-0.25, -0.2) is 0 Å². The van der Waals surface area contributed by atoms with Gasteiger partial charge < -0.3 is 5.32 Å². The molecule has 14 heavy (non-hydrogen) atoms. The van der Waals surface area contributed by atoms with Gasteiger partial charge in [-0.1, -0.05) is 0 Å². The number of carbonyl (C=O) groups is 1. The maximum atomic E-state index is 11.6. The molecule has 2 N–H and O–H groups in total. The summed E-state index contributed by atoms with van der Waals surface area (Å²) in [7, 11) is 0. The van der Waals surface area contributed by atoms with Crippen LogP contribution in [-0.2, 0) is 4.79 Å². The number of nitrogens with one attached hydrogen (secondary N) is 2. The predicted octanol–water partition coefficient (Wildman–Crippen LogP) is -0.733. The van der Waals surface area contributed by atoms with Crippen LogP contribution in [0.4, 0.5) is 0 Å². The van der Waals surface area contributed by atoms with Crippen LogP contribution in [0, 0.1) is 11.5 Å². The maximum absolute atomic E-state index is 11.6. The van der Waals surface area contributed by atoms with Gasteiger partial charge in [0.15, 0.2) is 6.19 Å². The molecule has 0 spiro atoms. The smallest absolute Gasteiger partial charge is 0.252 e. The lowest BCUT2D eigenvalue weighted by atomic mass is 10.0. The number of rotatable bonds is 2. The molecule has 1 aliphatic rings. The largest absolute Gasteiger partial charge is 0.314 e. The average molecular weight is 196 g/mol. The van der Waals surface area contributed by atoms with E-state index in [9.17, 15) is 4.79 Å². The van der Waals surface area contributed by atoms with Gasteiger partial charge in [-0.2, -0.15) is 5.26 Å². The monoisotopic (exact) mass is 196 g/mol. The van der Waals surface area contributed by atoms with Crippen molar-refractivity contribution in [3.8, 4) is 6.19 Å². The highest BCUT2D eigenvalue weighted by atomic mass is 16.2. The van der Waals surface area contributed by atoms with Gasteiger partial charge in [0.2, 0.25) is 0 Å². The predicted molar refractivity (Wildman–Crippen MR) is 52.3 cm³/mol. The van der Waals surface area contributed by atoms with Crippen molar-refractivity contribution in [1.82, 2.24) is 15.5 Å². The number of amides is 1. The highest BCUT2D eigenvalue weighted by Crippen LogP contribution is 2.14. The van der Waals surface area contributed by atoms with E-state index in [-0.39, 0.29) is 5.91 Å². The molecule has 0 aliphatic carbocycles. The topological polar surface area (TPSA) is 68.2 Å². The molecular formula is C9H16N4O. The molecule has 0 unspecified atom stereocenters. The van der Waals surface area contributed by atoms with E-state index in [0.29, 0.717) is 0 Å². The lowest BCUT2D eigenvalue weighted by Crippen LogP contribution is -2.59. The zero-order chi connectivity index (χ0) is 10.6. The SMILES string of the molecule is CC(C)(C(=O)NC#N)N1CCNCC1. The molecule has 1 fully saturated rings. The molecule has 0 aromatic rings. The summed E-state index contributed by atoms with van der Waals surface area (Å²) in [5.41, 5.74) is -0.599. The van der Waals surface area contributed by atoms with Crippen molar-refractivity contribution in [1.29, 1.82) is 5.26 Å². The maximum Gasteiger partial charge on any atom is 0.252 e. The Hall–Kier alpha value is -1.12. The van der Waals surface area contributed by atoms with Crippen molar-refractivity contribution in [3.63, 3.8) is 0 Å². The van der Waals surface area contributed by atoms with E-state index in [0.717, 1.165) is 26.2 Å². The Morgan fingerprint density at radius 2 is 2.07 bits per heavy atom. The molecule has 1 aliphatic heterocycles. The molecule has 1 heterocycles. The van der Waals surface area contributed by atoms with Crippen molar-refractivity contribution in [2.45, 2.75) is 19.4 Å². The summed E-state index contributed by atoms with van der Waals surface area (Å²) in [5.74, 6) is -0.234. The van der Waals surface area contributed by atoms with Crippen LogP contribution >= 0.6 is 0 Å². The zero-order valence-corrected chi connectivity index (χ0v) is 8.63. The van der Waals surface area contributed by atoms with E-state index in [1.54, 1.807) is 6.19 Å². The average Bonchev–Trinajstić information content (AvgIpc) is 2.19. The lowest BCUT2D eigenvalue weighted by molar-refractivity contribution is -0.130. The highest BCUT2D eigenvalue weighted by Gasteiger charge is 2.34. The Kier molecular flexibility index (Phi) is 3.44. The Bertz CT molecular complexity index is 250. The number of carbonyl (C=O) groups excluding carboxylic acids is 1. The minimum atomic E-state index is -0.599. The first-order valence-electron chi connectivity index (χ1n) is 4.74. The van der Waals surface area contributed by atoms with Gasteiger partial charge >= 0.3 is 0 Å². The van der Waals surface area contributed by atoms with E-state index in [2.05, 4.69) is 15.5 Å². The van der Waals surface area contributed by atoms with Crippen LogP contribution < -0.4 is 10.6 Å². The second-order valence-corrected chi connectivity index (χ2v) is 3.86. The molecular weight excluding hydrogens is 180 g/mol. The summed E-state index contributed by atoms with van der Waals surface area (Å²) in [6, 6.07) is 0. The minimum absolute atomic E-state index is 0.234. The molecule has 0 saturated carbocycles. The molecule has 0 atom stereocenters. The van der Waals surface area contributed by atoms with Crippen molar-refractivity contribution in [2.24, 2.45) is 0 Å². The quantitative estimate of drug-likeness (QED) is 0.451. The van der Waals surface area contributed by atoms with Gasteiger partial charge in [0.1, 0.15) is 0 Å². The third kappa shape index (κ3) is 2.22. The summed E-state index contributed by atoms with van der Waals surface area (Å²) in [5, 5.41) is 13.8. The summed E-state index contributed by atoms with van der Waals surface area (Å²) >= 11 is 0. The van der Waals surface area contributed by atoms with Crippen LogP contribution in [0.15, 0.2) is 0 Å². The van der Waals surface area contributed by atoms with E-state index < -0.39 is 5.54 Å². The van der Waals surface area contributed by atoms with E-state index in [4.69, 9.17) is 5.26 Å². The van der Waals surface area contributed by atoms with Gasteiger partial charge in [0, 0.05) is 26.2 Å². The number of nitrogens with zero attached hydrogens (tertiary/aromatic N) is 2. The third-order valence-corrected chi connectivity index (χ3v) is 2.63.